The van der Waals surface area contributed by atoms with Crippen LogP contribution < -0.4 is 0 Å². The molecule has 1 rings (SSSR count). The standard InChI is InChI=1S/C11H16BrFOSi/c1-15(2,3)14-11(8-12)9-4-6-10(13)7-5-9/h4-7,11H,8H2,1-3H3/t11-/m0/s1. The highest BCUT2D eigenvalue weighted by atomic mass is 79.9. The van der Waals surface area contributed by atoms with Crippen LogP contribution in [0.15, 0.2) is 24.3 Å². The van der Waals surface area contributed by atoms with Crippen LogP contribution in [0.3, 0.4) is 0 Å². The summed E-state index contributed by atoms with van der Waals surface area (Å²) in [6.45, 7) is 6.44. The zero-order valence-corrected chi connectivity index (χ0v) is 11.8. The minimum absolute atomic E-state index is 0.0252. The van der Waals surface area contributed by atoms with E-state index in [-0.39, 0.29) is 11.9 Å². The maximum absolute atomic E-state index is 12.7. The Kier molecular flexibility index (Phi) is 4.49. The first-order valence-electron chi connectivity index (χ1n) is 4.91. The van der Waals surface area contributed by atoms with Gasteiger partial charge in [-0.15, -0.1) is 0 Å². The molecule has 1 nitrogen and oxygen atoms in total. The third-order valence-corrected chi connectivity index (χ3v) is 3.46. The highest BCUT2D eigenvalue weighted by Gasteiger charge is 2.21. The van der Waals surface area contributed by atoms with Crippen molar-refractivity contribution >= 4 is 24.2 Å². The second-order valence-electron chi connectivity index (χ2n) is 4.42. The van der Waals surface area contributed by atoms with Gasteiger partial charge in [0.25, 0.3) is 0 Å². The Bertz CT molecular complexity index is 307. The second kappa shape index (κ2) is 5.23. The fourth-order valence-electron chi connectivity index (χ4n) is 1.29. The van der Waals surface area contributed by atoms with E-state index in [0.29, 0.717) is 0 Å². The average Bonchev–Trinajstić information content (AvgIpc) is 2.14. The molecule has 0 amide bonds. The largest absolute Gasteiger partial charge is 0.410 e. The third-order valence-electron chi connectivity index (χ3n) is 1.88. The van der Waals surface area contributed by atoms with Gasteiger partial charge in [-0.3, -0.25) is 0 Å². The van der Waals surface area contributed by atoms with E-state index in [1.165, 1.54) is 12.1 Å². The summed E-state index contributed by atoms with van der Waals surface area (Å²) in [5.74, 6) is -0.208. The Labute approximate surface area is 99.9 Å². The summed E-state index contributed by atoms with van der Waals surface area (Å²) in [6.07, 6.45) is 0.0252. The van der Waals surface area contributed by atoms with E-state index >= 15 is 0 Å². The number of hydrogen-bond donors (Lipinski definition) is 0. The number of alkyl halides is 1. The molecular weight excluding hydrogens is 275 g/mol. The van der Waals surface area contributed by atoms with Crippen LogP contribution in [0.25, 0.3) is 0 Å². The highest BCUT2D eigenvalue weighted by molar-refractivity contribution is 9.09. The lowest BCUT2D eigenvalue weighted by molar-refractivity contribution is 0.225. The van der Waals surface area contributed by atoms with Gasteiger partial charge < -0.3 is 4.43 Å². The molecule has 1 aromatic carbocycles. The first-order chi connectivity index (χ1) is 6.92. The summed E-state index contributed by atoms with van der Waals surface area (Å²) in [5.41, 5.74) is 1.02. The molecule has 84 valence electrons. The Morgan fingerprint density at radius 1 is 1.27 bits per heavy atom. The topological polar surface area (TPSA) is 9.23 Å². The number of hydrogen-bond acceptors (Lipinski definition) is 1. The van der Waals surface area contributed by atoms with Crippen LogP contribution in [0.1, 0.15) is 11.7 Å². The lowest BCUT2D eigenvalue weighted by Gasteiger charge is -2.25. The Hall–Kier alpha value is -0.193. The fourth-order valence-corrected chi connectivity index (χ4v) is 3.12. The molecule has 0 heterocycles. The summed E-state index contributed by atoms with van der Waals surface area (Å²) in [4.78, 5) is 0. The smallest absolute Gasteiger partial charge is 0.184 e. The number of halogens is 2. The Balaban J connectivity index is 2.79. The van der Waals surface area contributed by atoms with E-state index in [1.807, 2.05) is 0 Å². The summed E-state index contributed by atoms with van der Waals surface area (Å²) in [7, 11) is -1.56. The van der Waals surface area contributed by atoms with E-state index in [2.05, 4.69) is 35.6 Å². The van der Waals surface area contributed by atoms with Crippen LogP contribution in [-0.2, 0) is 4.43 Å². The Morgan fingerprint density at radius 3 is 2.20 bits per heavy atom. The van der Waals surface area contributed by atoms with Crippen molar-refractivity contribution in [3.8, 4) is 0 Å². The molecule has 0 aliphatic carbocycles. The van der Waals surface area contributed by atoms with Crippen LogP contribution >= 0.6 is 15.9 Å². The monoisotopic (exact) mass is 290 g/mol. The molecule has 0 radical (unpaired) electrons. The van der Waals surface area contributed by atoms with Crippen molar-refractivity contribution in [3.05, 3.63) is 35.6 Å². The average molecular weight is 291 g/mol. The molecule has 0 bridgehead atoms. The van der Waals surface area contributed by atoms with Crippen LogP contribution in [0, 0.1) is 5.82 Å². The van der Waals surface area contributed by atoms with Crippen molar-refractivity contribution in [1.82, 2.24) is 0 Å². The van der Waals surface area contributed by atoms with E-state index in [0.717, 1.165) is 10.9 Å². The fraction of sp³-hybridized carbons (Fsp3) is 0.455. The van der Waals surface area contributed by atoms with Crippen LogP contribution in [0.4, 0.5) is 4.39 Å². The van der Waals surface area contributed by atoms with E-state index in [1.54, 1.807) is 12.1 Å². The molecule has 0 unspecified atom stereocenters. The molecular formula is C11H16BrFOSi. The minimum Gasteiger partial charge on any atom is -0.410 e. The molecule has 1 aromatic rings. The van der Waals surface area contributed by atoms with Crippen molar-refractivity contribution in [1.29, 1.82) is 0 Å². The maximum atomic E-state index is 12.7. The molecule has 0 fully saturated rings. The van der Waals surface area contributed by atoms with E-state index < -0.39 is 8.32 Å². The lowest BCUT2D eigenvalue weighted by Crippen LogP contribution is -2.28. The third kappa shape index (κ3) is 4.45. The molecule has 1 atom stereocenters. The second-order valence-corrected chi connectivity index (χ2v) is 9.53. The van der Waals surface area contributed by atoms with E-state index in [4.69, 9.17) is 4.43 Å². The van der Waals surface area contributed by atoms with Crippen molar-refractivity contribution in [2.75, 3.05) is 5.33 Å². The summed E-state index contributed by atoms with van der Waals surface area (Å²) in [5, 5.41) is 0.739. The van der Waals surface area contributed by atoms with Gasteiger partial charge in [0.2, 0.25) is 0 Å². The van der Waals surface area contributed by atoms with Crippen LogP contribution in [0.2, 0.25) is 19.6 Å². The van der Waals surface area contributed by atoms with Gasteiger partial charge in [-0.1, -0.05) is 28.1 Å². The van der Waals surface area contributed by atoms with Gasteiger partial charge in [0, 0.05) is 5.33 Å². The molecule has 0 saturated carbocycles. The maximum Gasteiger partial charge on any atom is 0.184 e. The molecule has 0 N–H and O–H groups in total. The molecule has 0 spiro atoms. The summed E-state index contributed by atoms with van der Waals surface area (Å²) < 4.78 is 18.7. The predicted octanol–water partition coefficient (Wildman–Crippen LogP) is 4.11. The quantitative estimate of drug-likeness (QED) is 0.599. The van der Waals surface area contributed by atoms with Gasteiger partial charge in [-0.2, -0.15) is 0 Å². The van der Waals surface area contributed by atoms with Crippen molar-refractivity contribution in [2.45, 2.75) is 25.7 Å². The zero-order chi connectivity index (χ0) is 11.5. The van der Waals surface area contributed by atoms with Gasteiger partial charge in [0.15, 0.2) is 8.32 Å². The number of benzene rings is 1. The SMILES string of the molecule is C[Si](C)(C)O[C@@H](CBr)c1ccc(F)cc1. The Morgan fingerprint density at radius 2 is 1.80 bits per heavy atom. The molecule has 15 heavy (non-hydrogen) atoms. The normalized spacial score (nSPS) is 13.9. The first-order valence-corrected chi connectivity index (χ1v) is 9.44. The van der Waals surface area contributed by atoms with Gasteiger partial charge in [-0.05, 0) is 37.3 Å². The van der Waals surface area contributed by atoms with Crippen LogP contribution in [0.5, 0.6) is 0 Å². The van der Waals surface area contributed by atoms with Gasteiger partial charge >= 0.3 is 0 Å². The molecule has 4 heteroatoms. The molecule has 0 saturated heterocycles. The number of rotatable bonds is 4. The summed E-state index contributed by atoms with van der Waals surface area (Å²) in [6, 6.07) is 6.50. The molecule has 0 aliphatic heterocycles. The van der Waals surface area contributed by atoms with Gasteiger partial charge in [-0.25, -0.2) is 4.39 Å². The highest BCUT2D eigenvalue weighted by Crippen LogP contribution is 2.24. The minimum atomic E-state index is -1.56. The zero-order valence-electron chi connectivity index (χ0n) is 9.26. The van der Waals surface area contributed by atoms with Crippen molar-refractivity contribution < 1.29 is 8.82 Å². The van der Waals surface area contributed by atoms with Gasteiger partial charge in [0.05, 0.1) is 6.10 Å². The molecule has 0 aromatic heterocycles. The van der Waals surface area contributed by atoms with Crippen LogP contribution in [-0.4, -0.2) is 13.6 Å². The van der Waals surface area contributed by atoms with Crippen molar-refractivity contribution in [2.24, 2.45) is 0 Å². The lowest BCUT2D eigenvalue weighted by atomic mass is 10.1. The summed E-state index contributed by atoms with van der Waals surface area (Å²) >= 11 is 3.43. The van der Waals surface area contributed by atoms with Gasteiger partial charge in [0.1, 0.15) is 5.82 Å². The van der Waals surface area contributed by atoms with Crippen molar-refractivity contribution in [3.63, 3.8) is 0 Å². The predicted molar refractivity (Wildman–Crippen MR) is 67.4 cm³/mol. The first kappa shape index (κ1) is 12.9. The van der Waals surface area contributed by atoms with E-state index in [9.17, 15) is 4.39 Å². The molecule has 0 aliphatic rings.